The van der Waals surface area contributed by atoms with E-state index in [0.717, 1.165) is 24.3 Å². The number of hydrogen-bond donors (Lipinski definition) is 1. The SMILES string of the molecule is CCC(C)C1CC1CN. The zero-order chi connectivity index (χ0) is 6.85. The first-order valence-electron chi connectivity index (χ1n) is 3.99. The molecule has 1 saturated carbocycles. The Morgan fingerprint density at radius 3 is 2.67 bits per heavy atom. The van der Waals surface area contributed by atoms with Crippen LogP contribution in [0, 0.1) is 17.8 Å². The summed E-state index contributed by atoms with van der Waals surface area (Å²) in [5.74, 6) is 2.76. The summed E-state index contributed by atoms with van der Waals surface area (Å²) in [6, 6.07) is 0. The summed E-state index contributed by atoms with van der Waals surface area (Å²) in [5, 5.41) is 0. The molecular weight excluding hydrogens is 110 g/mol. The van der Waals surface area contributed by atoms with E-state index in [-0.39, 0.29) is 0 Å². The van der Waals surface area contributed by atoms with Gasteiger partial charge in [0, 0.05) is 0 Å². The first-order valence-corrected chi connectivity index (χ1v) is 3.99. The van der Waals surface area contributed by atoms with Crippen molar-refractivity contribution in [2.75, 3.05) is 6.54 Å². The molecule has 1 nitrogen and oxygen atoms in total. The molecule has 9 heavy (non-hydrogen) atoms. The highest BCUT2D eigenvalue weighted by Gasteiger charge is 2.38. The van der Waals surface area contributed by atoms with E-state index < -0.39 is 0 Å². The van der Waals surface area contributed by atoms with Crippen LogP contribution in [0.5, 0.6) is 0 Å². The third-order valence-corrected chi connectivity index (χ3v) is 2.65. The molecule has 1 fully saturated rings. The van der Waals surface area contributed by atoms with Crippen LogP contribution in [0.2, 0.25) is 0 Å². The Hall–Kier alpha value is -0.0400. The average Bonchev–Trinajstić information content (AvgIpc) is 2.64. The maximum absolute atomic E-state index is 5.52. The Morgan fingerprint density at radius 1 is 1.67 bits per heavy atom. The van der Waals surface area contributed by atoms with Crippen LogP contribution in [0.15, 0.2) is 0 Å². The second-order valence-corrected chi connectivity index (χ2v) is 3.28. The van der Waals surface area contributed by atoms with Crippen molar-refractivity contribution in [3.05, 3.63) is 0 Å². The van der Waals surface area contributed by atoms with Crippen LogP contribution in [0.25, 0.3) is 0 Å². The predicted molar refractivity (Wildman–Crippen MR) is 40.1 cm³/mol. The monoisotopic (exact) mass is 127 g/mol. The van der Waals surface area contributed by atoms with Gasteiger partial charge in [0.25, 0.3) is 0 Å². The second kappa shape index (κ2) is 2.70. The Labute approximate surface area is 57.6 Å². The third-order valence-electron chi connectivity index (χ3n) is 2.65. The number of nitrogens with two attached hydrogens (primary N) is 1. The molecular formula is C8H17N. The zero-order valence-electron chi connectivity index (χ0n) is 6.43. The summed E-state index contributed by atoms with van der Waals surface area (Å²) in [6.07, 6.45) is 2.71. The van der Waals surface area contributed by atoms with Crippen LogP contribution >= 0.6 is 0 Å². The Bertz CT molecular complexity index is 90.6. The second-order valence-electron chi connectivity index (χ2n) is 3.28. The number of rotatable bonds is 3. The van der Waals surface area contributed by atoms with Gasteiger partial charge in [-0.15, -0.1) is 0 Å². The maximum atomic E-state index is 5.52. The van der Waals surface area contributed by atoms with Gasteiger partial charge in [0.1, 0.15) is 0 Å². The van der Waals surface area contributed by atoms with Crippen LogP contribution < -0.4 is 5.73 Å². The summed E-state index contributed by atoms with van der Waals surface area (Å²) < 4.78 is 0. The van der Waals surface area contributed by atoms with E-state index in [1.54, 1.807) is 0 Å². The molecule has 0 aromatic carbocycles. The molecule has 0 aliphatic heterocycles. The molecule has 3 unspecified atom stereocenters. The zero-order valence-corrected chi connectivity index (χ0v) is 6.43. The van der Waals surface area contributed by atoms with Gasteiger partial charge in [-0.05, 0) is 30.7 Å². The van der Waals surface area contributed by atoms with Gasteiger partial charge in [0.05, 0.1) is 0 Å². The van der Waals surface area contributed by atoms with Crippen molar-refractivity contribution in [2.45, 2.75) is 26.7 Å². The lowest BCUT2D eigenvalue weighted by Gasteiger charge is -2.04. The van der Waals surface area contributed by atoms with Crippen molar-refractivity contribution in [2.24, 2.45) is 23.5 Å². The van der Waals surface area contributed by atoms with E-state index in [4.69, 9.17) is 5.73 Å². The molecule has 1 aliphatic rings. The van der Waals surface area contributed by atoms with Crippen molar-refractivity contribution in [3.63, 3.8) is 0 Å². The number of hydrogen-bond acceptors (Lipinski definition) is 1. The fourth-order valence-corrected chi connectivity index (χ4v) is 1.54. The van der Waals surface area contributed by atoms with Gasteiger partial charge in [-0.2, -0.15) is 0 Å². The Kier molecular flexibility index (Phi) is 2.12. The lowest BCUT2D eigenvalue weighted by Crippen LogP contribution is -2.05. The molecule has 0 spiro atoms. The first kappa shape index (κ1) is 7.07. The van der Waals surface area contributed by atoms with Crippen LogP contribution in [0.4, 0.5) is 0 Å². The van der Waals surface area contributed by atoms with Gasteiger partial charge in [0.15, 0.2) is 0 Å². The predicted octanol–water partition coefficient (Wildman–Crippen LogP) is 1.63. The van der Waals surface area contributed by atoms with Gasteiger partial charge in [-0.3, -0.25) is 0 Å². The summed E-state index contributed by atoms with van der Waals surface area (Å²) in [5.41, 5.74) is 5.52. The summed E-state index contributed by atoms with van der Waals surface area (Å²) in [7, 11) is 0. The largest absolute Gasteiger partial charge is 0.330 e. The molecule has 0 amide bonds. The van der Waals surface area contributed by atoms with Crippen molar-refractivity contribution >= 4 is 0 Å². The minimum atomic E-state index is 0.875. The van der Waals surface area contributed by atoms with Gasteiger partial charge in [-0.25, -0.2) is 0 Å². The van der Waals surface area contributed by atoms with Crippen molar-refractivity contribution in [1.82, 2.24) is 0 Å². The molecule has 54 valence electrons. The van der Waals surface area contributed by atoms with Crippen LogP contribution in [0.3, 0.4) is 0 Å². The summed E-state index contributed by atoms with van der Waals surface area (Å²) in [6.45, 7) is 5.51. The Morgan fingerprint density at radius 2 is 2.33 bits per heavy atom. The average molecular weight is 127 g/mol. The molecule has 0 aromatic heterocycles. The van der Waals surface area contributed by atoms with Crippen LogP contribution in [-0.4, -0.2) is 6.54 Å². The highest BCUT2D eigenvalue weighted by atomic mass is 14.6. The normalized spacial score (nSPS) is 36.3. The van der Waals surface area contributed by atoms with Crippen molar-refractivity contribution in [3.8, 4) is 0 Å². The molecule has 1 heteroatoms. The topological polar surface area (TPSA) is 26.0 Å². The molecule has 2 N–H and O–H groups in total. The third kappa shape index (κ3) is 1.45. The summed E-state index contributed by atoms with van der Waals surface area (Å²) >= 11 is 0. The Balaban J connectivity index is 2.17. The lowest BCUT2D eigenvalue weighted by atomic mass is 10.0. The maximum Gasteiger partial charge on any atom is -0.00460 e. The molecule has 0 bridgehead atoms. The van der Waals surface area contributed by atoms with Crippen molar-refractivity contribution in [1.29, 1.82) is 0 Å². The van der Waals surface area contributed by atoms with E-state index in [1.807, 2.05) is 0 Å². The standard InChI is InChI=1S/C8H17N/c1-3-6(2)8-4-7(8)5-9/h6-8H,3-5,9H2,1-2H3. The van der Waals surface area contributed by atoms with E-state index >= 15 is 0 Å². The molecule has 0 aromatic rings. The van der Waals surface area contributed by atoms with Gasteiger partial charge in [0.2, 0.25) is 0 Å². The van der Waals surface area contributed by atoms with Gasteiger partial charge >= 0.3 is 0 Å². The summed E-state index contributed by atoms with van der Waals surface area (Å²) in [4.78, 5) is 0. The van der Waals surface area contributed by atoms with Gasteiger partial charge < -0.3 is 5.73 Å². The van der Waals surface area contributed by atoms with E-state index in [1.165, 1.54) is 12.8 Å². The van der Waals surface area contributed by atoms with Crippen LogP contribution in [0.1, 0.15) is 26.7 Å². The molecule has 1 rings (SSSR count). The highest BCUT2D eigenvalue weighted by Crippen LogP contribution is 2.44. The molecule has 3 atom stereocenters. The fraction of sp³-hybridized carbons (Fsp3) is 1.00. The molecule has 0 heterocycles. The highest BCUT2D eigenvalue weighted by molar-refractivity contribution is 4.89. The molecule has 1 aliphatic carbocycles. The van der Waals surface area contributed by atoms with E-state index in [2.05, 4.69) is 13.8 Å². The quantitative estimate of drug-likeness (QED) is 0.612. The minimum absolute atomic E-state index is 0.875. The van der Waals surface area contributed by atoms with Crippen molar-refractivity contribution < 1.29 is 0 Å². The lowest BCUT2D eigenvalue weighted by molar-refractivity contribution is 0.462. The van der Waals surface area contributed by atoms with Gasteiger partial charge in [-0.1, -0.05) is 20.3 Å². The van der Waals surface area contributed by atoms with Crippen LogP contribution in [-0.2, 0) is 0 Å². The fourth-order valence-electron chi connectivity index (χ4n) is 1.54. The molecule has 0 radical (unpaired) electrons. The minimum Gasteiger partial charge on any atom is -0.330 e. The first-order chi connectivity index (χ1) is 4.29. The van der Waals surface area contributed by atoms with E-state index in [9.17, 15) is 0 Å². The smallest absolute Gasteiger partial charge is 0.00460 e. The molecule has 0 saturated heterocycles. The van der Waals surface area contributed by atoms with E-state index in [0.29, 0.717) is 0 Å².